The number of carbonyl (C=O) groups is 3. The molecule has 5 atom stereocenters. The lowest BCUT2D eigenvalue weighted by molar-refractivity contribution is -0.135. The van der Waals surface area contributed by atoms with Crippen LogP contribution in [0, 0.1) is 11.8 Å². The number of hydrogen-bond donors (Lipinski definition) is 2. The first-order chi connectivity index (χ1) is 19.0. The normalized spacial score (nSPS) is 34.2. The summed E-state index contributed by atoms with van der Waals surface area (Å²) in [5, 5.41) is 6.37. The van der Waals surface area contributed by atoms with Crippen LogP contribution in [0.5, 0.6) is 0 Å². The molecule has 2 aliphatic carbocycles. The average Bonchev–Trinajstić information content (AvgIpc) is 3.49. The van der Waals surface area contributed by atoms with Crippen molar-refractivity contribution < 1.29 is 19.1 Å². The van der Waals surface area contributed by atoms with Crippen LogP contribution < -0.4 is 15.5 Å². The molecule has 40 heavy (non-hydrogen) atoms. The van der Waals surface area contributed by atoms with Gasteiger partial charge in [0, 0.05) is 17.3 Å². The Kier molecular flexibility index (Phi) is 6.88. The molecule has 1 aromatic carbocycles. The summed E-state index contributed by atoms with van der Waals surface area (Å²) >= 11 is 0. The summed E-state index contributed by atoms with van der Waals surface area (Å²) < 4.78 is 6.69. The first-order valence-electron chi connectivity index (χ1n) is 15.5. The second-order valence-corrected chi connectivity index (χ2v) is 14.0. The highest BCUT2D eigenvalue weighted by Gasteiger charge is 2.76. The lowest BCUT2D eigenvalue weighted by atomic mass is 9.70. The van der Waals surface area contributed by atoms with Gasteiger partial charge in [0.2, 0.25) is 17.7 Å². The van der Waals surface area contributed by atoms with E-state index in [2.05, 4.69) is 22.8 Å². The molecular formula is C33H45N3O4. The molecule has 216 valence electrons. The number of rotatable bonds is 5. The van der Waals surface area contributed by atoms with E-state index in [0.717, 1.165) is 25.7 Å². The van der Waals surface area contributed by atoms with Crippen LogP contribution in [0.2, 0.25) is 0 Å². The molecule has 2 N–H and O–H groups in total. The van der Waals surface area contributed by atoms with Gasteiger partial charge in [0.25, 0.3) is 0 Å². The van der Waals surface area contributed by atoms with Crippen molar-refractivity contribution in [1.82, 2.24) is 10.6 Å². The number of anilines is 1. The fourth-order valence-electron chi connectivity index (χ4n) is 8.13. The molecule has 5 aliphatic rings. The first kappa shape index (κ1) is 27.5. The van der Waals surface area contributed by atoms with Crippen molar-refractivity contribution in [2.75, 3.05) is 4.90 Å². The van der Waals surface area contributed by atoms with E-state index in [-0.39, 0.29) is 23.8 Å². The number of nitrogens with zero attached hydrogens (tertiary/aromatic N) is 1. The molecule has 7 nitrogen and oxygen atoms in total. The summed E-state index contributed by atoms with van der Waals surface area (Å²) in [5.41, 5.74) is -0.653. The van der Waals surface area contributed by atoms with Gasteiger partial charge in [0.05, 0.1) is 17.4 Å². The molecule has 7 heteroatoms. The van der Waals surface area contributed by atoms with Crippen molar-refractivity contribution in [3.05, 3.63) is 42.0 Å². The van der Waals surface area contributed by atoms with Gasteiger partial charge in [-0.15, -0.1) is 0 Å². The van der Waals surface area contributed by atoms with Crippen molar-refractivity contribution in [1.29, 1.82) is 0 Å². The molecule has 3 heterocycles. The molecule has 2 bridgehead atoms. The lowest BCUT2D eigenvalue weighted by Gasteiger charge is -2.35. The molecule has 1 spiro atoms. The number of amides is 3. The molecule has 3 amide bonds. The number of benzene rings is 1. The van der Waals surface area contributed by atoms with Gasteiger partial charge in [0.1, 0.15) is 11.6 Å². The van der Waals surface area contributed by atoms with E-state index < -0.39 is 34.6 Å². The van der Waals surface area contributed by atoms with Gasteiger partial charge in [-0.1, -0.05) is 62.8 Å². The zero-order valence-corrected chi connectivity index (χ0v) is 24.5. The van der Waals surface area contributed by atoms with E-state index in [1.165, 1.54) is 44.1 Å². The number of nitrogens with one attached hydrogen (secondary N) is 2. The van der Waals surface area contributed by atoms with Gasteiger partial charge in [-0.25, -0.2) is 0 Å². The maximum Gasteiger partial charge on any atom is 0.246 e. The Morgan fingerprint density at radius 1 is 0.900 bits per heavy atom. The van der Waals surface area contributed by atoms with Gasteiger partial charge >= 0.3 is 0 Å². The van der Waals surface area contributed by atoms with Crippen molar-refractivity contribution in [2.45, 2.75) is 127 Å². The number of ether oxygens (including phenoxy) is 1. The molecule has 1 aromatic rings. The highest BCUT2D eigenvalue weighted by atomic mass is 16.5. The van der Waals surface area contributed by atoms with Crippen molar-refractivity contribution >= 4 is 23.4 Å². The summed E-state index contributed by atoms with van der Waals surface area (Å²) in [6.45, 7) is 7.69. The third-order valence-electron chi connectivity index (χ3n) is 9.93. The maximum absolute atomic E-state index is 14.4. The summed E-state index contributed by atoms with van der Waals surface area (Å²) in [4.78, 5) is 43.9. The van der Waals surface area contributed by atoms with Crippen molar-refractivity contribution in [2.24, 2.45) is 11.8 Å². The fraction of sp³-hybridized carbons (Fsp3) is 0.667. The highest BCUT2D eigenvalue weighted by Crippen LogP contribution is 2.60. The molecule has 2 saturated carbocycles. The average molecular weight is 548 g/mol. The van der Waals surface area contributed by atoms with Crippen LogP contribution in [-0.4, -0.2) is 46.5 Å². The summed E-state index contributed by atoms with van der Waals surface area (Å²) in [6, 6.07) is 7.41. The minimum Gasteiger partial charge on any atom is -0.356 e. The van der Waals surface area contributed by atoms with E-state index >= 15 is 0 Å². The van der Waals surface area contributed by atoms with Crippen LogP contribution >= 0.6 is 0 Å². The summed E-state index contributed by atoms with van der Waals surface area (Å²) in [6.07, 6.45) is 15.3. The predicted octanol–water partition coefficient (Wildman–Crippen LogP) is 5.14. The first-order valence-corrected chi connectivity index (χ1v) is 15.5. The molecule has 0 aromatic heterocycles. The predicted molar refractivity (Wildman–Crippen MR) is 155 cm³/mol. The molecule has 2 saturated heterocycles. The van der Waals surface area contributed by atoms with Crippen LogP contribution in [-0.2, 0) is 19.1 Å². The number of fused-ring (bicyclic) bond motifs is 1. The highest BCUT2D eigenvalue weighted by molar-refractivity contribution is 6.10. The van der Waals surface area contributed by atoms with Crippen LogP contribution in [0.25, 0.3) is 0 Å². The van der Waals surface area contributed by atoms with Crippen LogP contribution in [0.1, 0.15) is 103 Å². The Morgan fingerprint density at radius 2 is 1.52 bits per heavy atom. The van der Waals surface area contributed by atoms with E-state index in [1.807, 2.05) is 52.0 Å². The lowest BCUT2D eigenvalue weighted by Crippen LogP contribution is -2.58. The third-order valence-corrected chi connectivity index (χ3v) is 9.93. The van der Waals surface area contributed by atoms with E-state index in [1.54, 1.807) is 4.90 Å². The third kappa shape index (κ3) is 4.58. The molecule has 6 rings (SSSR count). The van der Waals surface area contributed by atoms with E-state index in [9.17, 15) is 14.4 Å². The Hall–Kier alpha value is -2.67. The quantitative estimate of drug-likeness (QED) is 0.500. The van der Waals surface area contributed by atoms with Crippen LogP contribution in [0.4, 0.5) is 5.69 Å². The SMILES string of the molecule is CC(C)(C)NC(=O)[C@H]1N(c2ccc(C3CCCCC3)cc2)C(=O)[C@@H]2[C@H](C(=O)NC3CCCCC3)[C@]3(C)C=C[C@@]21O3. The fourth-order valence-corrected chi connectivity index (χ4v) is 8.13. The largest absolute Gasteiger partial charge is 0.356 e. The second kappa shape index (κ2) is 10.0. The topological polar surface area (TPSA) is 87.7 Å². The van der Waals surface area contributed by atoms with Crippen LogP contribution in [0.15, 0.2) is 36.4 Å². The molecule has 4 fully saturated rings. The van der Waals surface area contributed by atoms with Crippen LogP contribution in [0.3, 0.4) is 0 Å². The minimum absolute atomic E-state index is 0.129. The summed E-state index contributed by atoms with van der Waals surface area (Å²) in [5.74, 6) is -1.52. The smallest absolute Gasteiger partial charge is 0.246 e. The Labute approximate surface area is 238 Å². The van der Waals surface area contributed by atoms with E-state index in [4.69, 9.17) is 4.74 Å². The summed E-state index contributed by atoms with van der Waals surface area (Å²) in [7, 11) is 0. The molecule has 0 radical (unpaired) electrons. The maximum atomic E-state index is 14.4. The number of hydrogen-bond acceptors (Lipinski definition) is 4. The van der Waals surface area contributed by atoms with Crippen molar-refractivity contribution in [3.63, 3.8) is 0 Å². The number of carbonyl (C=O) groups excluding carboxylic acids is 3. The van der Waals surface area contributed by atoms with Gasteiger partial charge < -0.3 is 15.4 Å². The Bertz CT molecular complexity index is 1190. The van der Waals surface area contributed by atoms with E-state index in [0.29, 0.717) is 11.6 Å². The van der Waals surface area contributed by atoms with Gasteiger partial charge in [-0.3, -0.25) is 19.3 Å². The van der Waals surface area contributed by atoms with Gasteiger partial charge in [0.15, 0.2) is 0 Å². The monoisotopic (exact) mass is 547 g/mol. The van der Waals surface area contributed by atoms with Gasteiger partial charge in [-0.05, 0) is 77.0 Å². The zero-order chi connectivity index (χ0) is 28.3. The van der Waals surface area contributed by atoms with Gasteiger partial charge in [-0.2, -0.15) is 0 Å². The van der Waals surface area contributed by atoms with Crippen molar-refractivity contribution in [3.8, 4) is 0 Å². The molecular weight excluding hydrogens is 502 g/mol. The zero-order valence-electron chi connectivity index (χ0n) is 24.5. The standard InChI is InChI=1S/C33H45N3O4/c1-31(2,3)35-29(38)27-33-20-19-32(4,40-33)25(28(37)34-23-13-9-6-10-14-23)26(33)30(39)36(27)24-17-15-22(16-18-24)21-11-7-5-8-12-21/h15-21,23,25-27H,5-14H2,1-4H3,(H,34,37)(H,35,38)/t25-,26+,27-,32+,33-/m1/s1. The molecule has 0 unspecified atom stereocenters. The Balaban J connectivity index is 1.36. The molecule has 3 aliphatic heterocycles. The Morgan fingerprint density at radius 3 is 2.15 bits per heavy atom. The minimum atomic E-state index is -1.20. The second-order valence-electron chi connectivity index (χ2n) is 14.0.